The third-order valence-electron chi connectivity index (χ3n) is 3.62. The monoisotopic (exact) mass is 255 g/mol. The molecule has 0 saturated heterocycles. The van der Waals surface area contributed by atoms with E-state index in [0.717, 1.165) is 36.1 Å². The maximum absolute atomic E-state index is 6.35. The van der Waals surface area contributed by atoms with Crippen LogP contribution in [0.25, 0.3) is 0 Å². The van der Waals surface area contributed by atoms with E-state index in [1.807, 2.05) is 13.0 Å². The van der Waals surface area contributed by atoms with E-state index in [-0.39, 0.29) is 5.54 Å². The highest BCUT2D eigenvalue weighted by molar-refractivity contribution is 6.33. The van der Waals surface area contributed by atoms with E-state index in [1.165, 1.54) is 0 Å². The van der Waals surface area contributed by atoms with Gasteiger partial charge in [0.05, 0.1) is 19.2 Å². The van der Waals surface area contributed by atoms with Gasteiger partial charge in [-0.3, -0.25) is 0 Å². The number of hydrogen-bond donors (Lipinski definition) is 1. The maximum atomic E-state index is 6.35. The van der Waals surface area contributed by atoms with Gasteiger partial charge in [-0.25, -0.2) is 0 Å². The van der Waals surface area contributed by atoms with Gasteiger partial charge < -0.3 is 15.2 Å². The Morgan fingerprint density at radius 1 is 1.29 bits per heavy atom. The summed E-state index contributed by atoms with van der Waals surface area (Å²) in [7, 11) is 3.26. The minimum Gasteiger partial charge on any atom is -0.496 e. The molecule has 1 aliphatic carbocycles. The quantitative estimate of drug-likeness (QED) is 0.903. The van der Waals surface area contributed by atoms with E-state index in [9.17, 15) is 0 Å². The Hall–Kier alpha value is -0.930. The first-order valence-corrected chi connectivity index (χ1v) is 6.11. The van der Waals surface area contributed by atoms with Gasteiger partial charge in [0.2, 0.25) is 0 Å². The normalized spacial score (nSPS) is 17.5. The molecule has 0 amide bonds. The van der Waals surface area contributed by atoms with Crippen molar-refractivity contribution in [2.24, 2.45) is 5.73 Å². The minimum absolute atomic E-state index is 0.310. The fraction of sp³-hybridized carbons (Fsp3) is 0.538. The summed E-state index contributed by atoms with van der Waals surface area (Å²) in [6, 6.07) is 1.96. The first-order valence-electron chi connectivity index (χ1n) is 5.74. The van der Waals surface area contributed by atoms with Crippen molar-refractivity contribution in [3.8, 4) is 11.5 Å². The molecule has 0 unspecified atom stereocenters. The summed E-state index contributed by atoms with van der Waals surface area (Å²) >= 11 is 6.31. The van der Waals surface area contributed by atoms with Crippen LogP contribution >= 0.6 is 11.6 Å². The van der Waals surface area contributed by atoms with Gasteiger partial charge in [0.15, 0.2) is 0 Å². The molecule has 1 saturated carbocycles. The van der Waals surface area contributed by atoms with E-state index < -0.39 is 0 Å². The molecule has 0 spiro atoms. The predicted molar refractivity (Wildman–Crippen MR) is 69.0 cm³/mol. The summed E-state index contributed by atoms with van der Waals surface area (Å²) in [5.41, 5.74) is 7.88. The van der Waals surface area contributed by atoms with Gasteiger partial charge in [0.1, 0.15) is 11.5 Å². The zero-order chi connectivity index (χ0) is 12.6. The first-order chi connectivity index (χ1) is 8.03. The summed E-state index contributed by atoms with van der Waals surface area (Å²) in [5.74, 6) is 1.45. The van der Waals surface area contributed by atoms with Crippen LogP contribution in [0.5, 0.6) is 11.5 Å². The molecule has 1 aromatic carbocycles. The van der Waals surface area contributed by atoms with Crippen molar-refractivity contribution in [2.75, 3.05) is 14.2 Å². The van der Waals surface area contributed by atoms with Crippen molar-refractivity contribution < 1.29 is 9.47 Å². The molecular weight excluding hydrogens is 238 g/mol. The van der Waals surface area contributed by atoms with Crippen molar-refractivity contribution in [1.82, 2.24) is 0 Å². The topological polar surface area (TPSA) is 44.5 Å². The van der Waals surface area contributed by atoms with Crippen molar-refractivity contribution >= 4 is 11.6 Å². The average Bonchev–Trinajstić information content (AvgIpc) is 2.29. The Kier molecular flexibility index (Phi) is 3.23. The molecule has 0 radical (unpaired) electrons. The molecule has 0 atom stereocenters. The maximum Gasteiger partial charge on any atom is 0.143 e. The molecule has 0 aliphatic heterocycles. The third-order valence-corrected chi connectivity index (χ3v) is 4.08. The molecule has 17 heavy (non-hydrogen) atoms. The molecule has 94 valence electrons. The third kappa shape index (κ3) is 1.87. The van der Waals surface area contributed by atoms with Crippen LogP contribution < -0.4 is 15.2 Å². The minimum atomic E-state index is -0.310. The number of nitrogens with two attached hydrogens (primary N) is 1. The second kappa shape index (κ2) is 4.39. The number of methoxy groups -OCH3 is 2. The van der Waals surface area contributed by atoms with Gasteiger partial charge >= 0.3 is 0 Å². The van der Waals surface area contributed by atoms with Crippen LogP contribution in [-0.4, -0.2) is 14.2 Å². The Morgan fingerprint density at radius 2 is 1.94 bits per heavy atom. The molecular formula is C13H18ClNO2. The molecule has 0 aromatic heterocycles. The van der Waals surface area contributed by atoms with E-state index >= 15 is 0 Å². The lowest BCUT2D eigenvalue weighted by Crippen LogP contribution is -2.43. The van der Waals surface area contributed by atoms with Gasteiger partial charge in [0, 0.05) is 16.7 Å². The fourth-order valence-electron chi connectivity index (χ4n) is 2.31. The SMILES string of the molecule is COc1cc(C2(N)CCC2)c(OC)c(Cl)c1C. The van der Waals surface area contributed by atoms with Crippen molar-refractivity contribution in [2.45, 2.75) is 31.7 Å². The van der Waals surface area contributed by atoms with Crippen molar-refractivity contribution in [1.29, 1.82) is 0 Å². The summed E-state index contributed by atoms with van der Waals surface area (Å²) in [5, 5.41) is 0.596. The Bertz CT molecular complexity index is 442. The smallest absolute Gasteiger partial charge is 0.143 e. The number of rotatable bonds is 3. The zero-order valence-electron chi connectivity index (χ0n) is 10.5. The molecule has 2 rings (SSSR count). The van der Waals surface area contributed by atoms with E-state index in [1.54, 1.807) is 14.2 Å². The Labute approximate surface area is 107 Å². The summed E-state index contributed by atoms with van der Waals surface area (Å²) < 4.78 is 10.7. The van der Waals surface area contributed by atoms with Crippen molar-refractivity contribution in [3.63, 3.8) is 0 Å². The molecule has 0 bridgehead atoms. The number of hydrogen-bond acceptors (Lipinski definition) is 3. The first kappa shape index (κ1) is 12.5. The second-order valence-corrected chi connectivity index (χ2v) is 4.99. The lowest BCUT2D eigenvalue weighted by Gasteiger charge is -2.39. The second-order valence-electron chi connectivity index (χ2n) is 4.61. The van der Waals surface area contributed by atoms with Crippen LogP contribution in [0.15, 0.2) is 6.07 Å². The molecule has 0 heterocycles. The van der Waals surface area contributed by atoms with Gasteiger partial charge in [-0.2, -0.15) is 0 Å². The summed E-state index contributed by atoms with van der Waals surface area (Å²) in [4.78, 5) is 0. The van der Waals surface area contributed by atoms with Gasteiger partial charge in [-0.05, 0) is 32.3 Å². The molecule has 2 N–H and O–H groups in total. The fourth-order valence-corrected chi connectivity index (χ4v) is 2.58. The van der Waals surface area contributed by atoms with Crippen LogP contribution in [-0.2, 0) is 5.54 Å². The van der Waals surface area contributed by atoms with Crippen LogP contribution in [0.4, 0.5) is 0 Å². The van der Waals surface area contributed by atoms with Gasteiger partial charge in [0.25, 0.3) is 0 Å². The molecule has 1 fully saturated rings. The largest absolute Gasteiger partial charge is 0.496 e. The lowest BCUT2D eigenvalue weighted by atomic mass is 9.72. The lowest BCUT2D eigenvalue weighted by molar-refractivity contribution is 0.242. The molecule has 3 nitrogen and oxygen atoms in total. The van der Waals surface area contributed by atoms with E-state index in [2.05, 4.69) is 0 Å². The molecule has 1 aliphatic rings. The van der Waals surface area contributed by atoms with E-state index in [4.69, 9.17) is 26.8 Å². The highest BCUT2D eigenvalue weighted by Crippen LogP contribution is 2.48. The van der Waals surface area contributed by atoms with Crippen LogP contribution in [0.1, 0.15) is 30.4 Å². The Balaban J connectivity index is 2.60. The van der Waals surface area contributed by atoms with Gasteiger partial charge in [-0.1, -0.05) is 11.6 Å². The number of benzene rings is 1. The van der Waals surface area contributed by atoms with Crippen LogP contribution in [0.3, 0.4) is 0 Å². The molecule has 1 aromatic rings. The highest BCUT2D eigenvalue weighted by atomic mass is 35.5. The standard InChI is InChI=1S/C13H18ClNO2/c1-8-10(16-2)7-9(12(17-3)11(8)14)13(15)5-4-6-13/h7H,4-6,15H2,1-3H3. The van der Waals surface area contributed by atoms with Crippen LogP contribution in [0, 0.1) is 6.92 Å². The predicted octanol–water partition coefficient (Wildman–Crippen LogP) is 3.00. The van der Waals surface area contributed by atoms with E-state index in [0.29, 0.717) is 10.8 Å². The summed E-state index contributed by atoms with van der Waals surface area (Å²) in [6.45, 7) is 1.91. The zero-order valence-corrected chi connectivity index (χ0v) is 11.2. The Morgan fingerprint density at radius 3 is 2.35 bits per heavy atom. The summed E-state index contributed by atoms with van der Waals surface area (Å²) in [6.07, 6.45) is 3.07. The number of halogens is 1. The van der Waals surface area contributed by atoms with Crippen molar-refractivity contribution in [3.05, 3.63) is 22.2 Å². The van der Waals surface area contributed by atoms with Crippen LogP contribution in [0.2, 0.25) is 5.02 Å². The van der Waals surface area contributed by atoms with Gasteiger partial charge in [-0.15, -0.1) is 0 Å². The average molecular weight is 256 g/mol. The molecule has 4 heteroatoms. The highest BCUT2D eigenvalue weighted by Gasteiger charge is 2.38. The number of ether oxygens (including phenoxy) is 2.